The first-order valence-corrected chi connectivity index (χ1v) is 6.89. The van der Waals surface area contributed by atoms with E-state index in [1.165, 1.54) is 6.20 Å². The molecule has 0 fully saturated rings. The fraction of sp³-hybridized carbons (Fsp3) is 0.250. The van der Waals surface area contributed by atoms with Crippen molar-refractivity contribution in [1.29, 1.82) is 0 Å². The van der Waals surface area contributed by atoms with Crippen LogP contribution in [-0.4, -0.2) is 29.9 Å². The first-order chi connectivity index (χ1) is 10.0. The maximum Gasteiger partial charge on any atom is 0.255 e. The quantitative estimate of drug-likeness (QED) is 0.814. The molecule has 2 rings (SSSR count). The van der Waals surface area contributed by atoms with Crippen molar-refractivity contribution in [3.8, 4) is 5.75 Å². The summed E-state index contributed by atoms with van der Waals surface area (Å²) < 4.78 is 5.33. The zero-order valence-corrected chi connectivity index (χ0v) is 13.0. The lowest BCUT2D eigenvalue weighted by Gasteiger charge is -2.19. The summed E-state index contributed by atoms with van der Waals surface area (Å²) in [5.74, 6) is 0.664. The van der Waals surface area contributed by atoms with E-state index in [2.05, 4.69) is 4.98 Å². The number of rotatable bonds is 4. The molecule has 0 radical (unpaired) electrons. The van der Waals surface area contributed by atoms with Gasteiger partial charge in [-0.25, -0.2) is 4.98 Å². The molecule has 0 saturated heterocycles. The molecule has 0 unspecified atom stereocenters. The van der Waals surface area contributed by atoms with E-state index in [4.69, 9.17) is 16.3 Å². The van der Waals surface area contributed by atoms with Crippen LogP contribution in [0.2, 0.25) is 5.15 Å². The number of nitrogens with zero attached hydrogens (tertiary/aromatic N) is 2. The van der Waals surface area contributed by atoms with Crippen LogP contribution < -0.4 is 4.74 Å². The number of aryl methyl sites for hydroxylation is 1. The molecule has 2 aromatic rings. The second kappa shape index (κ2) is 6.59. The highest BCUT2D eigenvalue weighted by atomic mass is 35.5. The summed E-state index contributed by atoms with van der Waals surface area (Å²) in [5, 5.41) is 0.370. The van der Waals surface area contributed by atoms with E-state index in [0.29, 0.717) is 17.3 Å². The fourth-order valence-corrected chi connectivity index (χ4v) is 2.19. The van der Waals surface area contributed by atoms with E-state index in [1.54, 1.807) is 31.2 Å². The van der Waals surface area contributed by atoms with Crippen molar-refractivity contribution in [2.24, 2.45) is 0 Å². The highest BCUT2D eigenvalue weighted by molar-refractivity contribution is 6.29. The summed E-state index contributed by atoms with van der Waals surface area (Å²) in [6.07, 6.45) is 1.48. The molecule has 4 nitrogen and oxygen atoms in total. The summed E-state index contributed by atoms with van der Waals surface area (Å²) in [6, 6.07) is 9.18. The summed E-state index contributed by atoms with van der Waals surface area (Å²) in [5.41, 5.74) is 2.60. The van der Waals surface area contributed by atoms with Gasteiger partial charge in [0.15, 0.2) is 0 Å². The van der Waals surface area contributed by atoms with Crippen LogP contribution in [0.4, 0.5) is 0 Å². The molecule has 0 N–H and O–H groups in total. The number of hydrogen-bond donors (Lipinski definition) is 0. The van der Waals surface area contributed by atoms with Crippen molar-refractivity contribution >= 4 is 17.5 Å². The number of benzene rings is 1. The van der Waals surface area contributed by atoms with Crippen LogP contribution in [0.1, 0.15) is 21.5 Å². The Hall–Kier alpha value is -2.07. The Morgan fingerprint density at radius 3 is 2.71 bits per heavy atom. The fourth-order valence-electron chi connectivity index (χ4n) is 2.08. The van der Waals surface area contributed by atoms with E-state index in [1.807, 2.05) is 25.1 Å². The number of halogens is 1. The van der Waals surface area contributed by atoms with Crippen molar-refractivity contribution in [1.82, 2.24) is 9.88 Å². The van der Waals surface area contributed by atoms with Gasteiger partial charge in [-0.05, 0) is 25.1 Å². The van der Waals surface area contributed by atoms with Crippen molar-refractivity contribution in [2.75, 3.05) is 14.2 Å². The molecule has 0 aliphatic rings. The number of carbonyl (C=O) groups is 1. The van der Waals surface area contributed by atoms with Crippen LogP contribution in [0.25, 0.3) is 0 Å². The minimum absolute atomic E-state index is 0.109. The zero-order chi connectivity index (χ0) is 15.4. The second-order valence-electron chi connectivity index (χ2n) is 4.85. The molecule has 21 heavy (non-hydrogen) atoms. The third-order valence-corrected chi connectivity index (χ3v) is 3.39. The maximum atomic E-state index is 12.3. The van der Waals surface area contributed by atoms with Gasteiger partial charge in [0.05, 0.1) is 12.7 Å². The monoisotopic (exact) mass is 304 g/mol. The van der Waals surface area contributed by atoms with E-state index >= 15 is 0 Å². The Morgan fingerprint density at radius 2 is 2.10 bits per heavy atom. The third-order valence-electron chi connectivity index (χ3n) is 3.16. The molecule has 1 amide bonds. The predicted molar refractivity (Wildman–Crippen MR) is 82.8 cm³/mol. The van der Waals surface area contributed by atoms with Crippen LogP contribution >= 0.6 is 11.6 Å². The van der Waals surface area contributed by atoms with Crippen LogP contribution in [0.15, 0.2) is 36.5 Å². The molecule has 1 heterocycles. The second-order valence-corrected chi connectivity index (χ2v) is 5.23. The van der Waals surface area contributed by atoms with Crippen molar-refractivity contribution in [3.05, 3.63) is 58.4 Å². The van der Waals surface area contributed by atoms with Crippen molar-refractivity contribution in [2.45, 2.75) is 13.5 Å². The van der Waals surface area contributed by atoms with Crippen molar-refractivity contribution < 1.29 is 9.53 Å². The number of aromatic nitrogens is 1. The van der Waals surface area contributed by atoms with Gasteiger partial charge >= 0.3 is 0 Å². The number of hydrogen-bond acceptors (Lipinski definition) is 3. The Balaban J connectivity index is 2.17. The standard InChI is InChI=1S/C16H17ClN2O2/c1-11-4-6-14(21-3)13(8-11)10-19(2)16(20)12-5-7-15(17)18-9-12/h4-9H,10H2,1-3H3. The molecule has 0 aliphatic heterocycles. The van der Waals surface area contributed by atoms with Crippen LogP contribution in [0, 0.1) is 6.92 Å². The highest BCUT2D eigenvalue weighted by Gasteiger charge is 2.14. The Bertz CT molecular complexity index is 641. The molecule has 1 aromatic carbocycles. The minimum Gasteiger partial charge on any atom is -0.496 e. The minimum atomic E-state index is -0.109. The summed E-state index contributed by atoms with van der Waals surface area (Å²) in [6.45, 7) is 2.47. The average molecular weight is 305 g/mol. The zero-order valence-electron chi connectivity index (χ0n) is 12.3. The van der Waals surface area contributed by atoms with E-state index in [9.17, 15) is 4.79 Å². The third kappa shape index (κ3) is 3.73. The number of methoxy groups -OCH3 is 1. The van der Waals surface area contributed by atoms with Gasteiger partial charge in [0.25, 0.3) is 5.91 Å². The molecule has 0 spiro atoms. The van der Waals surface area contributed by atoms with Gasteiger partial charge in [0.1, 0.15) is 10.9 Å². The first kappa shape index (κ1) is 15.3. The van der Waals surface area contributed by atoms with Crippen molar-refractivity contribution in [3.63, 3.8) is 0 Å². The molecule has 0 aliphatic carbocycles. The predicted octanol–water partition coefficient (Wildman–Crippen LogP) is 3.32. The number of ether oxygens (including phenoxy) is 1. The first-order valence-electron chi connectivity index (χ1n) is 6.52. The molecule has 0 bridgehead atoms. The normalized spacial score (nSPS) is 10.3. The van der Waals surface area contributed by atoms with Gasteiger partial charge in [-0.15, -0.1) is 0 Å². The van der Waals surface area contributed by atoms with E-state index in [-0.39, 0.29) is 5.91 Å². The number of pyridine rings is 1. The average Bonchev–Trinajstić information content (AvgIpc) is 2.47. The summed E-state index contributed by atoms with van der Waals surface area (Å²) in [4.78, 5) is 17.9. The van der Waals surface area contributed by atoms with Gasteiger partial charge in [-0.2, -0.15) is 0 Å². The Labute approximate surface area is 129 Å². The SMILES string of the molecule is COc1ccc(C)cc1CN(C)C(=O)c1ccc(Cl)nc1. The lowest BCUT2D eigenvalue weighted by Crippen LogP contribution is -2.26. The molecule has 0 saturated carbocycles. The van der Waals surface area contributed by atoms with Crippen LogP contribution in [-0.2, 0) is 6.54 Å². The molecule has 1 aromatic heterocycles. The molecule has 110 valence electrons. The summed E-state index contributed by atoms with van der Waals surface area (Å²) in [7, 11) is 3.37. The largest absolute Gasteiger partial charge is 0.496 e. The maximum absolute atomic E-state index is 12.3. The topological polar surface area (TPSA) is 42.4 Å². The number of carbonyl (C=O) groups excluding carboxylic acids is 1. The Morgan fingerprint density at radius 1 is 1.33 bits per heavy atom. The summed E-state index contributed by atoms with van der Waals surface area (Å²) >= 11 is 5.73. The smallest absolute Gasteiger partial charge is 0.255 e. The van der Waals surface area contributed by atoms with Crippen LogP contribution in [0.3, 0.4) is 0 Å². The lowest BCUT2D eigenvalue weighted by molar-refractivity contribution is 0.0784. The van der Waals surface area contributed by atoms with Gasteiger partial charge in [0.2, 0.25) is 0 Å². The van der Waals surface area contributed by atoms with Gasteiger partial charge < -0.3 is 9.64 Å². The molecule has 0 atom stereocenters. The van der Waals surface area contributed by atoms with Gasteiger partial charge in [-0.1, -0.05) is 29.3 Å². The lowest BCUT2D eigenvalue weighted by atomic mass is 10.1. The van der Waals surface area contributed by atoms with E-state index < -0.39 is 0 Å². The van der Waals surface area contributed by atoms with E-state index in [0.717, 1.165) is 16.9 Å². The van der Waals surface area contributed by atoms with Crippen LogP contribution in [0.5, 0.6) is 5.75 Å². The number of amides is 1. The molecule has 5 heteroatoms. The van der Waals surface area contributed by atoms with Gasteiger partial charge in [-0.3, -0.25) is 4.79 Å². The molecular weight excluding hydrogens is 288 g/mol. The highest BCUT2D eigenvalue weighted by Crippen LogP contribution is 2.21. The van der Waals surface area contributed by atoms with Gasteiger partial charge in [0, 0.05) is 25.4 Å². The Kier molecular flexibility index (Phi) is 4.81. The molecular formula is C16H17ClN2O2.